The van der Waals surface area contributed by atoms with Crippen molar-refractivity contribution in [2.75, 3.05) is 18.8 Å². The SMILES string of the molecule is Cc1ccc(CCC(C(=O)O)S(=O)CC(=O)N2CCCC2)cc1. The molecule has 1 heterocycles. The third-order valence-corrected chi connectivity index (χ3v) is 5.74. The number of rotatable bonds is 7. The monoisotopic (exact) mass is 337 g/mol. The lowest BCUT2D eigenvalue weighted by Gasteiger charge is -2.17. The molecule has 6 heteroatoms. The van der Waals surface area contributed by atoms with E-state index in [9.17, 15) is 18.9 Å². The minimum absolute atomic E-state index is 0.190. The molecule has 0 aromatic heterocycles. The van der Waals surface area contributed by atoms with Gasteiger partial charge in [-0.25, -0.2) is 0 Å². The first-order chi connectivity index (χ1) is 11.0. The van der Waals surface area contributed by atoms with Crippen LogP contribution in [0.4, 0.5) is 0 Å². The number of amides is 1. The molecule has 1 amide bonds. The molecule has 2 atom stereocenters. The molecular formula is C17H23NO4S. The van der Waals surface area contributed by atoms with Crippen LogP contribution in [0.2, 0.25) is 0 Å². The molecule has 0 saturated carbocycles. The molecule has 0 aliphatic carbocycles. The molecule has 1 aliphatic rings. The standard InChI is InChI=1S/C17H23NO4S/c1-13-4-6-14(7-5-13)8-9-15(17(20)21)23(22)12-16(19)18-10-2-3-11-18/h4-7,15H,2-3,8-12H2,1H3,(H,20,21). The molecule has 0 bridgehead atoms. The van der Waals surface area contributed by atoms with Gasteiger partial charge in [-0.2, -0.15) is 0 Å². The second-order valence-corrected chi connectivity index (χ2v) is 7.58. The van der Waals surface area contributed by atoms with Crippen molar-refractivity contribution in [1.29, 1.82) is 0 Å². The van der Waals surface area contributed by atoms with Crippen LogP contribution in [-0.2, 0) is 26.8 Å². The molecule has 2 unspecified atom stereocenters. The Morgan fingerprint density at radius 3 is 2.39 bits per heavy atom. The van der Waals surface area contributed by atoms with Gasteiger partial charge in [0.25, 0.3) is 0 Å². The van der Waals surface area contributed by atoms with Gasteiger partial charge in [-0.3, -0.25) is 13.8 Å². The molecular weight excluding hydrogens is 314 g/mol. The van der Waals surface area contributed by atoms with E-state index in [1.54, 1.807) is 4.90 Å². The highest BCUT2D eigenvalue weighted by Gasteiger charge is 2.28. The van der Waals surface area contributed by atoms with Crippen LogP contribution in [0.1, 0.15) is 30.4 Å². The Kier molecular flexibility index (Phi) is 6.33. The van der Waals surface area contributed by atoms with E-state index in [1.165, 1.54) is 0 Å². The number of carboxylic acid groups (broad SMARTS) is 1. The van der Waals surface area contributed by atoms with E-state index < -0.39 is 22.0 Å². The number of nitrogens with zero attached hydrogens (tertiary/aromatic N) is 1. The molecule has 1 N–H and O–H groups in total. The van der Waals surface area contributed by atoms with Crippen molar-refractivity contribution < 1.29 is 18.9 Å². The summed E-state index contributed by atoms with van der Waals surface area (Å²) >= 11 is 0. The summed E-state index contributed by atoms with van der Waals surface area (Å²) in [5, 5.41) is 8.33. The lowest BCUT2D eigenvalue weighted by molar-refractivity contribution is -0.136. The number of benzene rings is 1. The molecule has 1 aromatic carbocycles. The summed E-state index contributed by atoms with van der Waals surface area (Å²) in [7, 11) is -1.68. The molecule has 0 spiro atoms. The Bertz CT molecular complexity index is 579. The molecule has 1 aliphatic heterocycles. The van der Waals surface area contributed by atoms with Gasteiger partial charge in [-0.15, -0.1) is 0 Å². The maximum absolute atomic E-state index is 12.3. The third kappa shape index (κ3) is 5.16. The molecule has 23 heavy (non-hydrogen) atoms. The molecule has 1 saturated heterocycles. The van der Waals surface area contributed by atoms with E-state index in [2.05, 4.69) is 0 Å². The maximum Gasteiger partial charge on any atom is 0.319 e. The van der Waals surface area contributed by atoms with Crippen molar-refractivity contribution in [3.05, 3.63) is 35.4 Å². The molecule has 2 rings (SSSR count). The van der Waals surface area contributed by atoms with Crippen molar-refractivity contribution in [2.45, 2.75) is 37.9 Å². The summed E-state index contributed by atoms with van der Waals surface area (Å²) in [6, 6.07) is 7.84. The second kappa shape index (κ2) is 8.24. The van der Waals surface area contributed by atoms with Gasteiger partial charge in [0, 0.05) is 23.9 Å². The van der Waals surface area contributed by atoms with E-state index in [0.717, 1.165) is 24.0 Å². The van der Waals surface area contributed by atoms with E-state index in [-0.39, 0.29) is 18.1 Å². The number of aryl methyl sites for hydroxylation is 2. The minimum atomic E-state index is -1.68. The van der Waals surface area contributed by atoms with Gasteiger partial charge >= 0.3 is 5.97 Å². The van der Waals surface area contributed by atoms with Crippen molar-refractivity contribution in [1.82, 2.24) is 4.90 Å². The number of carboxylic acids is 1. The van der Waals surface area contributed by atoms with E-state index in [1.807, 2.05) is 31.2 Å². The van der Waals surface area contributed by atoms with Crippen LogP contribution >= 0.6 is 0 Å². The van der Waals surface area contributed by atoms with Crippen LogP contribution in [-0.4, -0.2) is 50.2 Å². The first-order valence-corrected chi connectivity index (χ1v) is 9.29. The van der Waals surface area contributed by atoms with Crippen LogP contribution in [0.3, 0.4) is 0 Å². The van der Waals surface area contributed by atoms with Crippen molar-refractivity contribution in [3.8, 4) is 0 Å². The molecule has 5 nitrogen and oxygen atoms in total. The zero-order valence-electron chi connectivity index (χ0n) is 13.4. The van der Waals surface area contributed by atoms with Gasteiger partial charge in [-0.05, 0) is 38.2 Å². The van der Waals surface area contributed by atoms with E-state index in [0.29, 0.717) is 19.5 Å². The normalized spacial score (nSPS) is 17.0. The minimum Gasteiger partial charge on any atom is -0.480 e. The first kappa shape index (κ1) is 17.7. The summed E-state index contributed by atoms with van der Waals surface area (Å²) in [6.07, 6.45) is 2.75. The highest BCUT2D eigenvalue weighted by molar-refractivity contribution is 7.87. The van der Waals surface area contributed by atoms with Crippen molar-refractivity contribution in [3.63, 3.8) is 0 Å². The lowest BCUT2D eigenvalue weighted by atomic mass is 10.1. The Morgan fingerprint density at radius 2 is 1.83 bits per heavy atom. The predicted octanol–water partition coefficient (Wildman–Crippen LogP) is 1.75. The maximum atomic E-state index is 12.3. The Morgan fingerprint density at radius 1 is 1.22 bits per heavy atom. The smallest absolute Gasteiger partial charge is 0.319 e. The largest absolute Gasteiger partial charge is 0.480 e. The number of carbonyl (C=O) groups excluding carboxylic acids is 1. The third-order valence-electron chi connectivity index (χ3n) is 4.13. The van der Waals surface area contributed by atoms with Crippen molar-refractivity contribution in [2.24, 2.45) is 0 Å². The fraction of sp³-hybridized carbons (Fsp3) is 0.529. The molecule has 1 fully saturated rings. The second-order valence-electron chi connectivity index (χ2n) is 5.96. The number of hydrogen-bond acceptors (Lipinski definition) is 3. The average molecular weight is 337 g/mol. The number of carbonyl (C=O) groups is 2. The predicted molar refractivity (Wildman–Crippen MR) is 89.7 cm³/mol. The van der Waals surface area contributed by atoms with Gasteiger partial charge in [0.15, 0.2) is 0 Å². The molecule has 126 valence electrons. The summed E-state index contributed by atoms with van der Waals surface area (Å²) in [4.78, 5) is 25.1. The fourth-order valence-corrected chi connectivity index (χ4v) is 3.93. The first-order valence-electron chi connectivity index (χ1n) is 7.90. The van der Waals surface area contributed by atoms with Crippen LogP contribution in [0, 0.1) is 6.92 Å². The van der Waals surface area contributed by atoms with Gasteiger partial charge in [0.1, 0.15) is 11.0 Å². The van der Waals surface area contributed by atoms with Crippen LogP contribution in [0.15, 0.2) is 24.3 Å². The Labute approximate surface area is 139 Å². The Hall–Kier alpha value is -1.69. The number of hydrogen-bond donors (Lipinski definition) is 1. The lowest BCUT2D eigenvalue weighted by Crippen LogP contribution is -2.36. The van der Waals surface area contributed by atoms with Crippen LogP contribution in [0.5, 0.6) is 0 Å². The van der Waals surface area contributed by atoms with Crippen LogP contribution in [0.25, 0.3) is 0 Å². The summed E-state index contributed by atoms with van der Waals surface area (Å²) in [5.41, 5.74) is 2.16. The quantitative estimate of drug-likeness (QED) is 0.822. The summed E-state index contributed by atoms with van der Waals surface area (Å²) in [6.45, 7) is 3.37. The molecule has 0 radical (unpaired) electrons. The topological polar surface area (TPSA) is 74.7 Å². The van der Waals surface area contributed by atoms with E-state index >= 15 is 0 Å². The van der Waals surface area contributed by atoms with E-state index in [4.69, 9.17) is 0 Å². The zero-order valence-corrected chi connectivity index (χ0v) is 14.2. The highest BCUT2D eigenvalue weighted by atomic mass is 32.2. The van der Waals surface area contributed by atoms with Crippen molar-refractivity contribution >= 4 is 22.7 Å². The van der Waals surface area contributed by atoms with Gasteiger partial charge in [-0.1, -0.05) is 29.8 Å². The summed E-state index contributed by atoms with van der Waals surface area (Å²) < 4.78 is 12.3. The van der Waals surface area contributed by atoms with Gasteiger partial charge < -0.3 is 10.0 Å². The number of likely N-dealkylation sites (tertiary alicyclic amines) is 1. The summed E-state index contributed by atoms with van der Waals surface area (Å²) in [5.74, 6) is -1.47. The highest BCUT2D eigenvalue weighted by Crippen LogP contribution is 2.13. The number of aliphatic carboxylic acids is 1. The van der Waals surface area contributed by atoms with Gasteiger partial charge in [0.2, 0.25) is 5.91 Å². The van der Waals surface area contributed by atoms with Crippen LogP contribution < -0.4 is 0 Å². The fourth-order valence-electron chi connectivity index (χ4n) is 2.70. The van der Waals surface area contributed by atoms with Gasteiger partial charge in [0.05, 0.1) is 0 Å². The zero-order chi connectivity index (χ0) is 16.8. The average Bonchev–Trinajstić information content (AvgIpc) is 3.03. The Balaban J connectivity index is 1.91. The molecule has 1 aromatic rings.